The van der Waals surface area contributed by atoms with Crippen molar-refractivity contribution in [2.24, 2.45) is 0 Å². The molecular weight excluding hydrogens is 833 g/mol. The van der Waals surface area contributed by atoms with Crippen molar-refractivity contribution in [2.45, 2.75) is 25.2 Å². The average Bonchev–Trinajstić information content (AvgIpc) is 3.90. The van der Waals surface area contributed by atoms with Crippen molar-refractivity contribution in [3.8, 4) is 66.8 Å². The van der Waals surface area contributed by atoms with Crippen LogP contribution in [-0.2, 0) is 5.41 Å². The molecule has 1 heteroatoms. The molecule has 1 aliphatic carbocycles. The lowest BCUT2D eigenvalue weighted by atomic mass is 9.78. The summed E-state index contributed by atoms with van der Waals surface area (Å²) in [6.45, 7) is 4.80. The van der Waals surface area contributed by atoms with E-state index in [9.17, 15) is 0 Å². The minimum atomic E-state index is -0.181. The van der Waals surface area contributed by atoms with Gasteiger partial charge in [-0.3, -0.25) is 0 Å². The molecule has 13 rings (SSSR count). The van der Waals surface area contributed by atoms with E-state index < -0.39 is 0 Å². The van der Waals surface area contributed by atoms with Crippen molar-refractivity contribution < 1.29 is 4.42 Å². The van der Waals surface area contributed by atoms with E-state index in [-0.39, 0.29) is 11.3 Å². The molecule has 0 fully saturated rings. The summed E-state index contributed by atoms with van der Waals surface area (Å²) in [4.78, 5) is 0. The van der Waals surface area contributed by atoms with Gasteiger partial charge in [-0.2, -0.15) is 0 Å². The third kappa shape index (κ3) is 7.09. The van der Waals surface area contributed by atoms with Gasteiger partial charge in [0.15, 0.2) is 0 Å². The van der Waals surface area contributed by atoms with E-state index in [0.717, 1.165) is 33.1 Å². The first-order valence-electron chi connectivity index (χ1n) is 24.1. The van der Waals surface area contributed by atoms with Gasteiger partial charge in [-0.15, -0.1) is 0 Å². The fraction of sp³-hybridized carbons (Fsp3) is 0.0588. The summed E-state index contributed by atoms with van der Waals surface area (Å²) < 4.78 is 6.40. The Morgan fingerprint density at radius 2 is 0.768 bits per heavy atom. The Hall–Kier alpha value is -8.52. The van der Waals surface area contributed by atoms with Crippen LogP contribution in [0.25, 0.3) is 99.5 Å². The smallest absolute Gasteiger partial charge is 0.143 e. The van der Waals surface area contributed by atoms with Crippen LogP contribution < -0.4 is 0 Å². The summed E-state index contributed by atoms with van der Waals surface area (Å²) >= 11 is 0. The monoisotopic (exact) mass is 880 g/mol. The summed E-state index contributed by atoms with van der Waals surface area (Å²) in [6, 6.07) is 91.5. The molecule has 1 heterocycles. The van der Waals surface area contributed by atoms with Crippen molar-refractivity contribution >= 4 is 32.7 Å². The van der Waals surface area contributed by atoms with Crippen LogP contribution >= 0.6 is 0 Å². The van der Waals surface area contributed by atoms with E-state index in [1.165, 1.54) is 94.2 Å². The maximum Gasteiger partial charge on any atom is 0.143 e. The quantitative estimate of drug-likeness (QED) is 0.139. The number of benzene rings is 11. The Bertz CT molecular complexity index is 3870. The second-order valence-corrected chi connectivity index (χ2v) is 19.2. The highest BCUT2D eigenvalue weighted by atomic mass is 16.3. The fourth-order valence-electron chi connectivity index (χ4n) is 11.1. The van der Waals surface area contributed by atoms with Gasteiger partial charge in [-0.25, -0.2) is 0 Å². The molecule has 1 nitrogen and oxygen atoms in total. The second-order valence-electron chi connectivity index (χ2n) is 19.2. The minimum Gasteiger partial charge on any atom is -0.455 e. The molecule has 326 valence electrons. The summed E-state index contributed by atoms with van der Waals surface area (Å²) in [5, 5.41) is 4.82. The predicted molar refractivity (Wildman–Crippen MR) is 290 cm³/mol. The van der Waals surface area contributed by atoms with Gasteiger partial charge in [0.1, 0.15) is 11.2 Å². The summed E-state index contributed by atoms with van der Waals surface area (Å²) in [6.07, 6.45) is 0. The lowest BCUT2D eigenvalue weighted by Gasteiger charge is -2.25. The fourth-order valence-corrected chi connectivity index (χ4v) is 11.1. The van der Waals surface area contributed by atoms with Crippen LogP contribution in [0.5, 0.6) is 0 Å². The van der Waals surface area contributed by atoms with Crippen LogP contribution in [0.4, 0.5) is 0 Å². The highest BCUT2D eigenvalue weighted by molar-refractivity contribution is 6.09. The van der Waals surface area contributed by atoms with Crippen molar-refractivity contribution in [1.29, 1.82) is 0 Å². The normalized spacial score (nSPS) is 13.1. The number of fused-ring (bicyclic) bond motifs is 7. The predicted octanol–water partition coefficient (Wildman–Crippen LogP) is 18.6. The van der Waals surface area contributed by atoms with E-state index in [2.05, 4.69) is 250 Å². The number of furan rings is 1. The molecule has 1 aliphatic rings. The number of para-hydroxylation sites is 2. The average molecular weight is 881 g/mol. The SMILES string of the molecule is CC1(C)c2cc(-c3ccc4ccccc4c3)ccc2-c2ccc(C(c3ccc(-c4ccc(-c5ccccc5)cc4)cc3)c3ccc(-c4ccc(-c5cccc6c5oc5ccccc56)cc4)cc3)cc21. The van der Waals surface area contributed by atoms with Crippen molar-refractivity contribution in [1.82, 2.24) is 0 Å². The van der Waals surface area contributed by atoms with Crippen LogP contribution in [0.2, 0.25) is 0 Å². The second kappa shape index (κ2) is 16.4. The minimum absolute atomic E-state index is 0.0261. The number of hydrogen-bond acceptors (Lipinski definition) is 1. The molecule has 0 amide bonds. The Kier molecular flexibility index (Phi) is 9.66. The van der Waals surface area contributed by atoms with Gasteiger partial charge >= 0.3 is 0 Å². The molecule has 1 atom stereocenters. The molecule has 0 N–H and O–H groups in total. The van der Waals surface area contributed by atoms with Crippen molar-refractivity contribution in [2.75, 3.05) is 0 Å². The summed E-state index contributed by atoms with van der Waals surface area (Å²) in [5.41, 5.74) is 22.9. The van der Waals surface area contributed by atoms with E-state index in [1.807, 2.05) is 12.1 Å². The van der Waals surface area contributed by atoms with Crippen molar-refractivity contribution in [3.05, 3.63) is 277 Å². The molecule has 0 saturated carbocycles. The lowest BCUT2D eigenvalue weighted by molar-refractivity contribution is 0.659. The largest absolute Gasteiger partial charge is 0.455 e. The van der Waals surface area contributed by atoms with Gasteiger partial charge in [-0.1, -0.05) is 244 Å². The van der Waals surface area contributed by atoms with Crippen LogP contribution in [0.15, 0.2) is 253 Å². The van der Waals surface area contributed by atoms with Gasteiger partial charge in [0.05, 0.1) is 0 Å². The highest BCUT2D eigenvalue weighted by Crippen LogP contribution is 2.51. The lowest BCUT2D eigenvalue weighted by Crippen LogP contribution is -2.16. The standard InChI is InChI=1S/C68H48O/c1-68(2)63-42-56(55-36-29-45-13-6-7-14-54(45)41-55)37-39-59(63)60-40-38-57(43-64(60)68)66(52-32-25-49(26-33-52)47-21-19-46(20-22-47)44-11-4-3-5-12-44)53-34-27-50(28-35-53)48-23-30-51(31-24-48)58-16-10-17-62-61-15-8-9-18-65(61)69-67(58)62/h3-43,66H,1-2H3. The Balaban J connectivity index is 0.849. The molecule has 1 aromatic heterocycles. The maximum absolute atomic E-state index is 6.40. The molecule has 69 heavy (non-hydrogen) atoms. The highest BCUT2D eigenvalue weighted by Gasteiger charge is 2.36. The molecule has 11 aromatic carbocycles. The summed E-state index contributed by atoms with van der Waals surface area (Å²) in [5.74, 6) is 0.0261. The zero-order valence-corrected chi connectivity index (χ0v) is 38.7. The summed E-state index contributed by atoms with van der Waals surface area (Å²) in [7, 11) is 0. The molecule has 0 saturated heterocycles. The molecule has 0 spiro atoms. The van der Waals surface area contributed by atoms with Crippen LogP contribution in [0.3, 0.4) is 0 Å². The number of hydrogen-bond donors (Lipinski definition) is 0. The Morgan fingerprint density at radius 1 is 0.304 bits per heavy atom. The third-order valence-electron chi connectivity index (χ3n) is 14.9. The van der Waals surface area contributed by atoms with Crippen LogP contribution in [0, 0.1) is 0 Å². The first kappa shape index (κ1) is 40.7. The molecular formula is C68H48O. The van der Waals surface area contributed by atoms with Crippen LogP contribution in [-0.4, -0.2) is 0 Å². The van der Waals surface area contributed by atoms with Gasteiger partial charge in [-0.05, 0) is 118 Å². The molecule has 1 unspecified atom stereocenters. The van der Waals surface area contributed by atoms with E-state index in [0.29, 0.717) is 0 Å². The van der Waals surface area contributed by atoms with Gasteiger partial charge in [0.2, 0.25) is 0 Å². The zero-order valence-electron chi connectivity index (χ0n) is 38.7. The number of rotatable bonds is 8. The van der Waals surface area contributed by atoms with Gasteiger partial charge in [0, 0.05) is 27.7 Å². The maximum atomic E-state index is 6.40. The van der Waals surface area contributed by atoms with Gasteiger partial charge in [0.25, 0.3) is 0 Å². The van der Waals surface area contributed by atoms with E-state index in [1.54, 1.807) is 0 Å². The van der Waals surface area contributed by atoms with Crippen LogP contribution in [0.1, 0.15) is 47.6 Å². The molecule has 0 radical (unpaired) electrons. The van der Waals surface area contributed by atoms with Crippen molar-refractivity contribution in [3.63, 3.8) is 0 Å². The Morgan fingerprint density at radius 3 is 1.43 bits per heavy atom. The van der Waals surface area contributed by atoms with E-state index in [4.69, 9.17) is 4.42 Å². The van der Waals surface area contributed by atoms with E-state index >= 15 is 0 Å². The zero-order chi connectivity index (χ0) is 46.1. The first-order valence-corrected chi connectivity index (χ1v) is 24.1. The topological polar surface area (TPSA) is 13.1 Å². The first-order chi connectivity index (χ1) is 33.9. The molecule has 0 aliphatic heterocycles. The molecule has 0 bridgehead atoms. The third-order valence-corrected chi connectivity index (χ3v) is 14.9. The van der Waals surface area contributed by atoms with Gasteiger partial charge < -0.3 is 4.42 Å². The molecule has 12 aromatic rings. The Labute approximate surface area is 403 Å².